The van der Waals surface area contributed by atoms with E-state index in [0.717, 1.165) is 10.4 Å². The molecule has 1 atom stereocenters. The zero-order chi connectivity index (χ0) is 39.7. The van der Waals surface area contributed by atoms with Gasteiger partial charge in [-0.25, -0.2) is 19.0 Å². The summed E-state index contributed by atoms with van der Waals surface area (Å²) in [6.07, 6.45) is 5.71. The van der Waals surface area contributed by atoms with Crippen LogP contribution in [-0.2, 0) is 31.0 Å². The normalized spacial score (nSPS) is 12.5. The number of hydrogen-bond acceptors (Lipinski definition) is 12. The average molecular weight is 778 g/mol. The maximum atomic E-state index is 13.4. The van der Waals surface area contributed by atoms with Gasteiger partial charge in [0.25, 0.3) is 5.56 Å². The van der Waals surface area contributed by atoms with Crippen molar-refractivity contribution >= 4 is 35.8 Å². The van der Waals surface area contributed by atoms with Crippen molar-refractivity contribution in [1.82, 2.24) is 34.9 Å². The van der Waals surface area contributed by atoms with Crippen LogP contribution in [0, 0.1) is 5.82 Å². The number of aryl methyl sites for hydroxylation is 1. The van der Waals surface area contributed by atoms with Crippen LogP contribution < -0.4 is 55.7 Å². The number of hydrogen-bond donors (Lipinski definition) is 3. The molecule has 0 saturated carbocycles. The fourth-order valence-corrected chi connectivity index (χ4v) is 5.45. The van der Waals surface area contributed by atoms with E-state index in [1.54, 1.807) is 30.3 Å². The Bertz CT molecular complexity index is 2390. The predicted molar refractivity (Wildman–Crippen MR) is 190 cm³/mol. The Labute approximate surface area is 340 Å². The SMILES string of the molecule is CC(C)(C)c1[nH]cnc1/C=c1\[nH]c(=O)/c(=C/c2cccc(C(=O)c3ccc(F)cc3)c2)nc1OCOC(=O)CCCc1cn(C(CCC(=O)O)C(=O)[O-])nn1.[Na+]. The number of benzene rings is 2. The molecule has 0 aliphatic rings. The number of carboxylic acid groups (broad SMARTS) is 2. The molecule has 0 aliphatic heterocycles. The van der Waals surface area contributed by atoms with E-state index in [-0.39, 0.29) is 88.6 Å². The number of esters is 1. The van der Waals surface area contributed by atoms with E-state index in [0.29, 0.717) is 22.5 Å². The molecule has 18 heteroatoms. The second-order valence-electron chi connectivity index (χ2n) is 13.4. The summed E-state index contributed by atoms with van der Waals surface area (Å²) in [4.78, 5) is 76.0. The first-order chi connectivity index (χ1) is 26.2. The number of imidazole rings is 1. The standard InChI is InChI=1S/C38H38FN7O9.Na/c1-38(2,3)34-27(40-20-41-34)18-29-36(55-21-54-32(49)9-5-8-26-19-46(45-44-26)30(37(52)53)14-15-31(47)48)43-28(35(51)42-29)17-22-6-4-7-24(16-22)33(50)23-10-12-25(39)13-11-23;/h4,6-7,10-13,16-20,30H,5,8-9,14-15,21H2,1-3H3,(H,40,41)(H,42,51)(H,47,48)(H,52,53);/q;+1/p-1/b28-17-,29-18-;. The van der Waals surface area contributed by atoms with Gasteiger partial charge in [-0.15, -0.1) is 5.10 Å². The van der Waals surface area contributed by atoms with E-state index >= 15 is 0 Å². The molecule has 0 amide bonds. The van der Waals surface area contributed by atoms with Gasteiger partial charge in [0, 0.05) is 41.3 Å². The van der Waals surface area contributed by atoms with Crippen molar-refractivity contribution in [3.8, 4) is 5.88 Å². The average Bonchev–Trinajstić information content (AvgIpc) is 3.80. The number of aliphatic carboxylic acids is 2. The molecule has 2 aromatic carbocycles. The maximum absolute atomic E-state index is 13.4. The van der Waals surface area contributed by atoms with Crippen LogP contribution in [0.15, 0.2) is 65.8 Å². The van der Waals surface area contributed by atoms with Crippen LogP contribution in [-0.4, -0.2) is 70.5 Å². The number of carboxylic acids is 2. The van der Waals surface area contributed by atoms with Gasteiger partial charge < -0.3 is 34.4 Å². The van der Waals surface area contributed by atoms with Crippen LogP contribution in [0.1, 0.15) is 91.1 Å². The fourth-order valence-electron chi connectivity index (χ4n) is 5.45. The molecular formula is C38H37FN7NaO9. The molecule has 5 rings (SSSR count). The molecule has 286 valence electrons. The first-order valence-corrected chi connectivity index (χ1v) is 17.1. The van der Waals surface area contributed by atoms with Crippen LogP contribution >= 0.6 is 0 Å². The zero-order valence-electron chi connectivity index (χ0n) is 31.1. The van der Waals surface area contributed by atoms with Gasteiger partial charge in [-0.05, 0) is 67.3 Å². The number of rotatable bonds is 16. The minimum Gasteiger partial charge on any atom is -0.548 e. The van der Waals surface area contributed by atoms with E-state index in [2.05, 4.69) is 30.2 Å². The largest absolute Gasteiger partial charge is 1.00 e. The van der Waals surface area contributed by atoms with Crippen molar-refractivity contribution in [2.75, 3.05) is 6.79 Å². The topological polar surface area (TPSA) is 235 Å². The molecule has 0 aliphatic carbocycles. The smallest absolute Gasteiger partial charge is 0.548 e. The van der Waals surface area contributed by atoms with Crippen LogP contribution in [0.5, 0.6) is 5.88 Å². The molecule has 1 unspecified atom stereocenters. The van der Waals surface area contributed by atoms with Crippen LogP contribution in [0.3, 0.4) is 0 Å². The first kappa shape index (κ1) is 43.0. The van der Waals surface area contributed by atoms with Gasteiger partial charge in [0.15, 0.2) is 5.78 Å². The third-order valence-electron chi connectivity index (χ3n) is 8.20. The Morgan fingerprint density at radius 3 is 2.50 bits per heavy atom. The summed E-state index contributed by atoms with van der Waals surface area (Å²) in [7, 11) is 0. The molecule has 3 heterocycles. The second kappa shape index (κ2) is 19.2. The Hall–Kier alpha value is -5.78. The van der Waals surface area contributed by atoms with Crippen molar-refractivity contribution in [1.29, 1.82) is 0 Å². The number of aromatic nitrogens is 7. The number of carbonyl (C=O) groups is 4. The molecule has 3 aromatic heterocycles. The van der Waals surface area contributed by atoms with Crippen molar-refractivity contribution in [3.05, 3.63) is 122 Å². The van der Waals surface area contributed by atoms with Crippen molar-refractivity contribution in [3.63, 3.8) is 0 Å². The van der Waals surface area contributed by atoms with Crippen molar-refractivity contribution in [2.45, 2.75) is 64.3 Å². The fraction of sp³-hybridized carbons (Fsp3) is 0.289. The Balaban J connectivity index is 0.00000696. The van der Waals surface area contributed by atoms with Gasteiger partial charge >= 0.3 is 41.5 Å². The van der Waals surface area contributed by atoms with Crippen LogP contribution in [0.2, 0.25) is 0 Å². The molecular weight excluding hydrogens is 740 g/mol. The van der Waals surface area contributed by atoms with E-state index in [9.17, 15) is 33.5 Å². The predicted octanol–water partition coefficient (Wildman–Crippen LogP) is -1.53. The molecule has 56 heavy (non-hydrogen) atoms. The number of aromatic amines is 2. The van der Waals surface area contributed by atoms with Gasteiger partial charge in [0.2, 0.25) is 12.7 Å². The van der Waals surface area contributed by atoms with E-state index in [1.165, 1.54) is 42.9 Å². The number of halogens is 1. The summed E-state index contributed by atoms with van der Waals surface area (Å²) in [6, 6.07) is 10.3. The van der Waals surface area contributed by atoms with E-state index < -0.39 is 48.5 Å². The minimum absolute atomic E-state index is 0. The Kier molecular flexibility index (Phi) is 14.7. The van der Waals surface area contributed by atoms with Crippen LogP contribution in [0.4, 0.5) is 4.39 Å². The summed E-state index contributed by atoms with van der Waals surface area (Å²) in [5.41, 5.74) is 1.82. The van der Waals surface area contributed by atoms with E-state index in [1.807, 2.05) is 20.8 Å². The number of nitrogens with one attached hydrogen (secondary N) is 2. The number of H-pyrrole nitrogens is 2. The molecule has 0 bridgehead atoms. The van der Waals surface area contributed by atoms with Gasteiger partial charge in [-0.1, -0.05) is 44.2 Å². The molecule has 0 saturated heterocycles. The van der Waals surface area contributed by atoms with Crippen LogP contribution in [0.25, 0.3) is 12.2 Å². The molecule has 0 radical (unpaired) electrons. The molecule has 5 aromatic rings. The number of nitrogens with zero attached hydrogens (tertiary/aromatic N) is 5. The summed E-state index contributed by atoms with van der Waals surface area (Å²) in [6.45, 7) is 5.38. The first-order valence-electron chi connectivity index (χ1n) is 17.1. The monoisotopic (exact) mass is 777 g/mol. The maximum Gasteiger partial charge on any atom is 1.00 e. The summed E-state index contributed by atoms with van der Waals surface area (Å²) in [5.74, 6) is -4.18. The molecule has 0 spiro atoms. The van der Waals surface area contributed by atoms with Gasteiger partial charge in [-0.2, -0.15) is 0 Å². The molecule has 3 N–H and O–H groups in total. The summed E-state index contributed by atoms with van der Waals surface area (Å²) < 4.78 is 25.5. The van der Waals surface area contributed by atoms with Gasteiger partial charge in [0.1, 0.15) is 16.5 Å². The molecule has 0 fully saturated rings. The summed E-state index contributed by atoms with van der Waals surface area (Å²) >= 11 is 0. The van der Waals surface area contributed by atoms with Crippen molar-refractivity contribution < 1.29 is 72.8 Å². The summed E-state index contributed by atoms with van der Waals surface area (Å²) in [5, 5.41) is 28.1. The second-order valence-corrected chi connectivity index (χ2v) is 13.4. The molecule has 16 nitrogen and oxygen atoms in total. The van der Waals surface area contributed by atoms with Gasteiger partial charge in [0.05, 0.1) is 29.7 Å². The van der Waals surface area contributed by atoms with Crippen molar-refractivity contribution in [2.24, 2.45) is 0 Å². The van der Waals surface area contributed by atoms with Gasteiger partial charge in [-0.3, -0.25) is 19.2 Å². The number of carbonyl (C=O) groups excluding carboxylic acids is 3. The third-order valence-corrected chi connectivity index (χ3v) is 8.20. The quantitative estimate of drug-likeness (QED) is 0.0447. The third kappa shape index (κ3) is 11.6. The Morgan fingerprint density at radius 1 is 1.05 bits per heavy atom. The van der Waals surface area contributed by atoms with E-state index in [4.69, 9.17) is 14.6 Å². The minimum atomic E-state index is -1.49. The Morgan fingerprint density at radius 2 is 1.80 bits per heavy atom. The number of ketones is 1. The zero-order valence-corrected chi connectivity index (χ0v) is 33.1. The number of ether oxygens (including phenoxy) is 2.